The van der Waals surface area contributed by atoms with Crippen LogP contribution in [0.4, 0.5) is 4.39 Å². The molecule has 1 saturated heterocycles. The SMILES string of the molecule is O=C(C1CC1)C(c1ccccc1F)N1CCC(S)/C(=C\c2cn[nH]c2)C1. The number of carbonyl (C=O) groups excluding carboxylic acids is 1. The molecule has 1 aromatic carbocycles. The Morgan fingerprint density at radius 3 is 2.85 bits per heavy atom. The topological polar surface area (TPSA) is 49.0 Å². The molecular weight excluding hydrogens is 349 g/mol. The van der Waals surface area contributed by atoms with Crippen LogP contribution in [0.1, 0.15) is 36.4 Å². The summed E-state index contributed by atoms with van der Waals surface area (Å²) in [5.41, 5.74) is 2.60. The fraction of sp³-hybridized carbons (Fsp3) is 0.400. The summed E-state index contributed by atoms with van der Waals surface area (Å²) in [4.78, 5) is 15.1. The number of H-pyrrole nitrogens is 1. The third-order valence-electron chi connectivity index (χ3n) is 5.19. The van der Waals surface area contributed by atoms with E-state index in [1.165, 1.54) is 6.07 Å². The predicted molar refractivity (Wildman–Crippen MR) is 102 cm³/mol. The van der Waals surface area contributed by atoms with Gasteiger partial charge >= 0.3 is 0 Å². The van der Waals surface area contributed by atoms with Gasteiger partial charge in [0.05, 0.1) is 12.2 Å². The molecule has 136 valence electrons. The van der Waals surface area contributed by atoms with Crippen molar-refractivity contribution in [3.63, 3.8) is 0 Å². The van der Waals surface area contributed by atoms with Gasteiger partial charge in [0.15, 0.2) is 5.78 Å². The molecule has 2 fully saturated rings. The van der Waals surface area contributed by atoms with E-state index < -0.39 is 6.04 Å². The minimum Gasteiger partial charge on any atom is -0.297 e. The Labute approximate surface area is 157 Å². The van der Waals surface area contributed by atoms with Crippen molar-refractivity contribution in [2.45, 2.75) is 30.6 Å². The molecule has 0 bridgehead atoms. The Morgan fingerprint density at radius 2 is 2.15 bits per heavy atom. The molecule has 4 rings (SSSR count). The fourth-order valence-corrected chi connectivity index (χ4v) is 3.90. The average Bonchev–Trinajstić information content (AvgIpc) is 3.37. The summed E-state index contributed by atoms with van der Waals surface area (Å²) >= 11 is 4.70. The van der Waals surface area contributed by atoms with Crippen LogP contribution in [-0.4, -0.2) is 39.2 Å². The summed E-state index contributed by atoms with van der Waals surface area (Å²) < 4.78 is 14.5. The number of Topliss-reactive ketones (excluding diaryl/α,β-unsaturated/α-hetero) is 1. The molecule has 0 radical (unpaired) electrons. The lowest BCUT2D eigenvalue weighted by atomic mass is 9.93. The van der Waals surface area contributed by atoms with Crippen LogP contribution in [0.25, 0.3) is 6.08 Å². The number of carbonyl (C=O) groups is 1. The van der Waals surface area contributed by atoms with E-state index in [9.17, 15) is 9.18 Å². The summed E-state index contributed by atoms with van der Waals surface area (Å²) in [6, 6.07) is 6.14. The van der Waals surface area contributed by atoms with Crippen molar-refractivity contribution in [2.24, 2.45) is 5.92 Å². The number of benzene rings is 1. The summed E-state index contributed by atoms with van der Waals surface area (Å²) in [6.45, 7) is 1.34. The van der Waals surface area contributed by atoms with E-state index in [1.807, 2.05) is 6.20 Å². The number of piperidine rings is 1. The first kappa shape index (κ1) is 17.5. The van der Waals surface area contributed by atoms with E-state index in [1.54, 1.807) is 24.4 Å². The number of rotatable bonds is 5. The summed E-state index contributed by atoms with van der Waals surface area (Å²) in [7, 11) is 0. The molecule has 1 aliphatic heterocycles. The second kappa shape index (κ2) is 7.37. The molecule has 2 heterocycles. The average molecular weight is 371 g/mol. The van der Waals surface area contributed by atoms with E-state index in [4.69, 9.17) is 12.6 Å². The molecule has 0 spiro atoms. The van der Waals surface area contributed by atoms with Crippen LogP contribution in [0.5, 0.6) is 0 Å². The maximum Gasteiger partial charge on any atom is 0.157 e. The first-order valence-corrected chi connectivity index (χ1v) is 9.54. The summed E-state index contributed by atoms with van der Waals surface area (Å²) in [6.07, 6.45) is 8.32. The molecule has 2 aliphatic rings. The van der Waals surface area contributed by atoms with Crippen molar-refractivity contribution < 1.29 is 9.18 Å². The van der Waals surface area contributed by atoms with Crippen LogP contribution >= 0.6 is 12.6 Å². The van der Waals surface area contributed by atoms with E-state index >= 15 is 0 Å². The number of likely N-dealkylation sites (tertiary alicyclic amines) is 1. The van der Waals surface area contributed by atoms with Crippen LogP contribution in [0.15, 0.2) is 42.2 Å². The van der Waals surface area contributed by atoms with Crippen LogP contribution in [0.3, 0.4) is 0 Å². The van der Waals surface area contributed by atoms with Gasteiger partial charge in [-0.2, -0.15) is 17.7 Å². The van der Waals surface area contributed by atoms with Gasteiger partial charge in [-0.3, -0.25) is 14.8 Å². The molecular formula is C20H22FN3OS. The lowest BCUT2D eigenvalue weighted by molar-refractivity contribution is -0.126. The number of halogens is 1. The lowest BCUT2D eigenvalue weighted by Crippen LogP contribution is -2.42. The summed E-state index contributed by atoms with van der Waals surface area (Å²) in [5.74, 6) is -0.0788. The van der Waals surface area contributed by atoms with Crippen molar-refractivity contribution in [2.75, 3.05) is 13.1 Å². The van der Waals surface area contributed by atoms with Gasteiger partial charge in [-0.1, -0.05) is 24.3 Å². The Morgan fingerprint density at radius 1 is 1.35 bits per heavy atom. The Balaban J connectivity index is 1.65. The van der Waals surface area contributed by atoms with Crippen molar-refractivity contribution in [1.29, 1.82) is 0 Å². The van der Waals surface area contributed by atoms with Crippen LogP contribution in [0, 0.1) is 11.7 Å². The molecule has 26 heavy (non-hydrogen) atoms. The zero-order chi connectivity index (χ0) is 18.1. The van der Waals surface area contributed by atoms with Crippen molar-refractivity contribution in [3.8, 4) is 0 Å². The molecule has 1 saturated carbocycles. The predicted octanol–water partition coefficient (Wildman–Crippen LogP) is 3.66. The van der Waals surface area contributed by atoms with Crippen LogP contribution in [-0.2, 0) is 4.79 Å². The van der Waals surface area contributed by atoms with Gasteiger partial charge in [-0.25, -0.2) is 4.39 Å². The molecule has 0 amide bonds. The smallest absolute Gasteiger partial charge is 0.157 e. The largest absolute Gasteiger partial charge is 0.297 e. The fourth-order valence-electron chi connectivity index (χ4n) is 3.63. The van der Waals surface area contributed by atoms with Gasteiger partial charge in [-0.15, -0.1) is 0 Å². The minimum atomic E-state index is -0.516. The van der Waals surface area contributed by atoms with Gasteiger partial charge in [0, 0.05) is 41.6 Å². The second-order valence-electron chi connectivity index (χ2n) is 7.13. The number of thiol groups is 1. The van der Waals surface area contributed by atoms with Gasteiger partial charge < -0.3 is 0 Å². The molecule has 2 atom stereocenters. The standard InChI is InChI=1S/C20H22FN3OS/c21-17-4-2-1-3-16(17)19(20(25)14-5-6-14)24-8-7-18(26)15(12-24)9-13-10-22-23-11-13/h1-4,9-11,14,18-19,26H,5-8,12H2,(H,22,23)/b15-9-. The number of nitrogens with zero attached hydrogens (tertiary/aromatic N) is 2. The number of nitrogens with one attached hydrogen (secondary N) is 1. The summed E-state index contributed by atoms with van der Waals surface area (Å²) in [5, 5.41) is 6.92. The number of hydrogen-bond donors (Lipinski definition) is 2. The third-order valence-corrected chi connectivity index (χ3v) is 5.78. The highest BCUT2D eigenvalue weighted by Gasteiger charge is 2.40. The van der Waals surface area contributed by atoms with E-state index in [2.05, 4.69) is 21.2 Å². The zero-order valence-electron chi connectivity index (χ0n) is 14.4. The van der Waals surface area contributed by atoms with Crippen molar-refractivity contribution in [1.82, 2.24) is 15.1 Å². The highest BCUT2D eigenvalue weighted by molar-refractivity contribution is 7.81. The molecule has 1 aliphatic carbocycles. The highest BCUT2D eigenvalue weighted by Crippen LogP contribution is 2.39. The monoisotopic (exact) mass is 371 g/mol. The zero-order valence-corrected chi connectivity index (χ0v) is 15.3. The Bertz CT molecular complexity index is 816. The first-order chi connectivity index (χ1) is 12.6. The van der Waals surface area contributed by atoms with Gasteiger partial charge in [-0.05, 0) is 30.9 Å². The number of ketones is 1. The van der Waals surface area contributed by atoms with Crippen molar-refractivity contribution in [3.05, 3.63) is 59.2 Å². The minimum absolute atomic E-state index is 0.0784. The lowest BCUT2D eigenvalue weighted by Gasteiger charge is -2.37. The molecule has 4 nitrogen and oxygen atoms in total. The maximum atomic E-state index is 14.5. The molecule has 2 aromatic rings. The normalized spacial score (nSPS) is 23.9. The van der Waals surface area contributed by atoms with E-state index in [-0.39, 0.29) is 22.8 Å². The first-order valence-electron chi connectivity index (χ1n) is 9.03. The van der Waals surface area contributed by atoms with Crippen LogP contribution < -0.4 is 0 Å². The Kier molecular flexibility index (Phi) is 4.96. The molecule has 6 heteroatoms. The number of aromatic amines is 1. The molecule has 1 aromatic heterocycles. The van der Waals surface area contributed by atoms with Gasteiger partial charge in [0.25, 0.3) is 0 Å². The maximum absolute atomic E-state index is 14.5. The Hall–Kier alpha value is -1.92. The number of hydrogen-bond acceptors (Lipinski definition) is 4. The molecule has 2 unspecified atom stereocenters. The van der Waals surface area contributed by atoms with E-state index in [0.717, 1.165) is 36.9 Å². The van der Waals surface area contributed by atoms with E-state index in [0.29, 0.717) is 12.1 Å². The molecule has 1 N–H and O–H groups in total. The number of aromatic nitrogens is 2. The van der Waals surface area contributed by atoms with Gasteiger partial charge in [0.1, 0.15) is 5.82 Å². The third kappa shape index (κ3) is 3.62. The van der Waals surface area contributed by atoms with Gasteiger partial charge in [0.2, 0.25) is 0 Å². The van der Waals surface area contributed by atoms with Crippen LogP contribution in [0.2, 0.25) is 0 Å². The highest BCUT2D eigenvalue weighted by atomic mass is 32.1. The van der Waals surface area contributed by atoms with Crippen molar-refractivity contribution >= 4 is 24.5 Å². The quantitative estimate of drug-likeness (QED) is 0.789. The second-order valence-corrected chi connectivity index (χ2v) is 7.75.